The summed E-state index contributed by atoms with van der Waals surface area (Å²) in [5, 5.41) is 5.70. The number of hydrogen-bond donors (Lipinski definition) is 2. The molecule has 0 fully saturated rings. The Hall–Kier alpha value is -3.58. The summed E-state index contributed by atoms with van der Waals surface area (Å²) in [6.45, 7) is 0. The number of ether oxygens (including phenoxy) is 1. The number of nitrogens with one attached hydrogen (secondary N) is 2. The molecule has 0 spiro atoms. The number of carbonyl (C=O) groups is 2. The third-order valence-corrected chi connectivity index (χ3v) is 4.23. The standard InChI is InChI=1S/C20H14ClN3O4/c21-13-8-9-15-14(11-13)17(12-5-2-1-3-6-12)23-18(19(25)22-15)24-20(26)28-16-7-4-10-27-16/h1-11,18H,(H,22,25)(H,24,26). The van der Waals surface area contributed by atoms with Crippen LogP contribution in [0.1, 0.15) is 11.1 Å². The van der Waals surface area contributed by atoms with Crippen molar-refractivity contribution in [1.82, 2.24) is 5.32 Å². The number of halogens is 1. The molecule has 2 heterocycles. The molecule has 0 bridgehead atoms. The fraction of sp³-hybridized carbons (Fsp3) is 0.0500. The zero-order valence-electron chi connectivity index (χ0n) is 14.4. The van der Waals surface area contributed by atoms with E-state index in [2.05, 4.69) is 15.6 Å². The predicted molar refractivity (Wildman–Crippen MR) is 104 cm³/mol. The van der Waals surface area contributed by atoms with E-state index in [-0.39, 0.29) is 5.95 Å². The number of fused-ring (bicyclic) bond motifs is 1. The van der Waals surface area contributed by atoms with Gasteiger partial charge in [0, 0.05) is 22.2 Å². The molecule has 0 saturated carbocycles. The van der Waals surface area contributed by atoms with E-state index in [0.717, 1.165) is 5.56 Å². The number of hydrogen-bond acceptors (Lipinski definition) is 5. The number of rotatable bonds is 3. The van der Waals surface area contributed by atoms with E-state index in [0.29, 0.717) is 22.0 Å². The van der Waals surface area contributed by atoms with Gasteiger partial charge in [-0.1, -0.05) is 41.9 Å². The maximum absolute atomic E-state index is 12.6. The lowest BCUT2D eigenvalue weighted by molar-refractivity contribution is -0.117. The molecule has 7 nitrogen and oxygen atoms in total. The van der Waals surface area contributed by atoms with Crippen LogP contribution in [0.4, 0.5) is 10.5 Å². The summed E-state index contributed by atoms with van der Waals surface area (Å²) in [6.07, 6.45) is -0.702. The molecule has 0 radical (unpaired) electrons. The van der Waals surface area contributed by atoms with Crippen molar-refractivity contribution < 1.29 is 18.7 Å². The van der Waals surface area contributed by atoms with Gasteiger partial charge in [0.05, 0.1) is 17.7 Å². The molecule has 140 valence electrons. The Labute approximate surface area is 165 Å². The first-order valence-corrected chi connectivity index (χ1v) is 8.74. The van der Waals surface area contributed by atoms with Crippen LogP contribution in [0, 0.1) is 0 Å². The zero-order valence-corrected chi connectivity index (χ0v) is 15.1. The maximum Gasteiger partial charge on any atom is 0.417 e. The van der Waals surface area contributed by atoms with Gasteiger partial charge in [0.2, 0.25) is 6.17 Å². The first kappa shape index (κ1) is 17.8. The highest BCUT2D eigenvalue weighted by Crippen LogP contribution is 2.27. The fourth-order valence-electron chi connectivity index (χ4n) is 2.76. The summed E-state index contributed by atoms with van der Waals surface area (Å²) >= 11 is 6.15. The van der Waals surface area contributed by atoms with E-state index >= 15 is 0 Å². The molecular formula is C20H14ClN3O4. The third kappa shape index (κ3) is 3.74. The van der Waals surface area contributed by atoms with Gasteiger partial charge < -0.3 is 14.5 Å². The highest BCUT2D eigenvalue weighted by molar-refractivity contribution is 6.32. The number of furan rings is 1. The molecule has 2 aromatic carbocycles. The molecule has 4 rings (SSSR count). The minimum absolute atomic E-state index is 0.00820. The van der Waals surface area contributed by atoms with Crippen LogP contribution in [0.25, 0.3) is 0 Å². The van der Waals surface area contributed by atoms with E-state index in [4.69, 9.17) is 20.8 Å². The smallest absolute Gasteiger partial charge is 0.417 e. The summed E-state index contributed by atoms with van der Waals surface area (Å²) < 4.78 is 9.96. The quantitative estimate of drug-likeness (QED) is 0.704. The highest BCUT2D eigenvalue weighted by Gasteiger charge is 2.28. The summed E-state index contributed by atoms with van der Waals surface area (Å²) in [7, 11) is 0. The van der Waals surface area contributed by atoms with Crippen LogP contribution >= 0.6 is 11.6 Å². The summed E-state index contributed by atoms with van der Waals surface area (Å²) in [4.78, 5) is 29.3. The molecule has 2 amide bonds. The highest BCUT2D eigenvalue weighted by atomic mass is 35.5. The lowest BCUT2D eigenvalue weighted by Gasteiger charge is -2.12. The van der Waals surface area contributed by atoms with E-state index in [1.54, 1.807) is 24.3 Å². The Kier molecular flexibility index (Phi) is 4.82. The van der Waals surface area contributed by atoms with E-state index in [1.165, 1.54) is 12.3 Å². The van der Waals surface area contributed by atoms with Gasteiger partial charge >= 0.3 is 6.09 Å². The Morgan fingerprint density at radius 1 is 1.14 bits per heavy atom. The predicted octanol–water partition coefficient (Wildman–Crippen LogP) is 3.84. The number of amides is 2. The van der Waals surface area contributed by atoms with Gasteiger partial charge in [-0.05, 0) is 24.3 Å². The van der Waals surface area contributed by atoms with Gasteiger partial charge in [0.25, 0.3) is 11.9 Å². The van der Waals surface area contributed by atoms with Crippen molar-refractivity contribution in [3.8, 4) is 5.95 Å². The molecule has 8 heteroatoms. The van der Waals surface area contributed by atoms with Crippen molar-refractivity contribution in [1.29, 1.82) is 0 Å². The lowest BCUT2D eigenvalue weighted by Crippen LogP contribution is -2.43. The molecule has 0 saturated heterocycles. The average Bonchev–Trinajstić information content (AvgIpc) is 3.15. The van der Waals surface area contributed by atoms with Crippen molar-refractivity contribution in [3.63, 3.8) is 0 Å². The Morgan fingerprint density at radius 3 is 2.71 bits per heavy atom. The molecule has 1 aliphatic rings. The molecule has 1 aliphatic heterocycles. The van der Waals surface area contributed by atoms with Gasteiger partial charge in [0.15, 0.2) is 0 Å². The molecule has 0 aliphatic carbocycles. The molecule has 1 unspecified atom stereocenters. The van der Waals surface area contributed by atoms with E-state index in [9.17, 15) is 9.59 Å². The van der Waals surface area contributed by atoms with Gasteiger partial charge in [-0.25, -0.2) is 9.79 Å². The second-order valence-electron chi connectivity index (χ2n) is 5.89. The summed E-state index contributed by atoms with van der Waals surface area (Å²) in [6, 6.07) is 17.4. The topological polar surface area (TPSA) is 92.9 Å². The molecule has 2 N–H and O–H groups in total. The first-order valence-electron chi connectivity index (χ1n) is 8.36. The second kappa shape index (κ2) is 7.58. The van der Waals surface area contributed by atoms with Crippen molar-refractivity contribution in [3.05, 3.63) is 83.1 Å². The van der Waals surface area contributed by atoms with Gasteiger partial charge in [-0.15, -0.1) is 0 Å². The second-order valence-corrected chi connectivity index (χ2v) is 6.33. The Bertz CT molecular complexity index is 1050. The number of benzodiazepines with no additional fused rings is 1. The number of aliphatic imine (C=N–C) groups is 1. The fourth-order valence-corrected chi connectivity index (χ4v) is 2.93. The van der Waals surface area contributed by atoms with Crippen LogP contribution in [0.15, 0.2) is 76.3 Å². The summed E-state index contributed by atoms with van der Waals surface area (Å²) in [5.41, 5.74) is 2.48. The zero-order chi connectivity index (χ0) is 19.5. The molecule has 3 aromatic rings. The SMILES string of the molecule is O=C(NC1N=C(c2ccccc2)c2cc(Cl)ccc2NC1=O)Oc1ccco1. The lowest BCUT2D eigenvalue weighted by atomic mass is 10.0. The minimum atomic E-state index is -1.20. The van der Waals surface area contributed by atoms with Crippen LogP contribution in [-0.2, 0) is 4.79 Å². The van der Waals surface area contributed by atoms with E-state index < -0.39 is 18.2 Å². The van der Waals surface area contributed by atoms with Crippen LogP contribution < -0.4 is 15.4 Å². The normalized spacial score (nSPS) is 15.7. The Morgan fingerprint density at radius 2 is 1.96 bits per heavy atom. The van der Waals surface area contributed by atoms with Crippen molar-refractivity contribution in [2.45, 2.75) is 6.17 Å². The van der Waals surface area contributed by atoms with Gasteiger partial charge in [-0.3, -0.25) is 10.1 Å². The van der Waals surface area contributed by atoms with Crippen molar-refractivity contribution in [2.75, 3.05) is 5.32 Å². The summed E-state index contributed by atoms with van der Waals surface area (Å²) in [5.74, 6) is -0.500. The van der Waals surface area contributed by atoms with Gasteiger partial charge in [0.1, 0.15) is 0 Å². The first-order chi connectivity index (χ1) is 13.6. The molecule has 28 heavy (non-hydrogen) atoms. The molecule has 1 aromatic heterocycles. The van der Waals surface area contributed by atoms with Crippen LogP contribution in [0.5, 0.6) is 5.95 Å². The van der Waals surface area contributed by atoms with Crippen LogP contribution in [0.2, 0.25) is 5.02 Å². The van der Waals surface area contributed by atoms with Crippen molar-refractivity contribution in [2.24, 2.45) is 4.99 Å². The number of nitrogens with zero attached hydrogens (tertiary/aromatic N) is 1. The maximum atomic E-state index is 12.6. The molecular weight excluding hydrogens is 382 g/mol. The third-order valence-electron chi connectivity index (χ3n) is 3.99. The average molecular weight is 396 g/mol. The number of anilines is 1. The number of carbonyl (C=O) groups excluding carboxylic acids is 2. The minimum Gasteiger partial charge on any atom is -0.434 e. The van der Waals surface area contributed by atoms with Crippen molar-refractivity contribution >= 4 is 35.0 Å². The largest absolute Gasteiger partial charge is 0.434 e. The van der Waals surface area contributed by atoms with Gasteiger partial charge in [-0.2, -0.15) is 0 Å². The monoisotopic (exact) mass is 395 g/mol. The van der Waals surface area contributed by atoms with E-state index in [1.807, 2.05) is 30.3 Å². The number of benzene rings is 2. The Balaban J connectivity index is 1.70. The van der Waals surface area contributed by atoms with Crippen LogP contribution in [-0.4, -0.2) is 23.9 Å². The molecule has 1 atom stereocenters. The van der Waals surface area contributed by atoms with Crippen LogP contribution in [0.3, 0.4) is 0 Å².